The molecular formula is C16H15FN2O. The van der Waals surface area contributed by atoms with Crippen LogP contribution in [0.15, 0.2) is 53.6 Å². The van der Waals surface area contributed by atoms with E-state index in [-0.39, 0.29) is 11.9 Å². The number of hydrazone groups is 1. The summed E-state index contributed by atoms with van der Waals surface area (Å²) in [4.78, 5) is 0. The van der Waals surface area contributed by atoms with E-state index >= 15 is 0 Å². The second-order valence-electron chi connectivity index (χ2n) is 4.69. The van der Waals surface area contributed by atoms with Gasteiger partial charge in [0.15, 0.2) is 0 Å². The molecule has 2 aromatic rings. The fourth-order valence-electron chi connectivity index (χ4n) is 2.40. The second kappa shape index (κ2) is 5.33. The maximum Gasteiger partial charge on any atom is 0.124 e. The van der Waals surface area contributed by atoms with Gasteiger partial charge in [-0.2, -0.15) is 5.10 Å². The number of halogens is 1. The molecule has 0 aliphatic carbocycles. The lowest BCUT2D eigenvalue weighted by Gasteiger charge is -2.14. The highest BCUT2D eigenvalue weighted by Crippen LogP contribution is 2.30. The molecule has 4 heteroatoms. The van der Waals surface area contributed by atoms with Crippen molar-refractivity contribution in [3.63, 3.8) is 0 Å². The van der Waals surface area contributed by atoms with Gasteiger partial charge >= 0.3 is 0 Å². The van der Waals surface area contributed by atoms with E-state index in [9.17, 15) is 4.39 Å². The van der Waals surface area contributed by atoms with Gasteiger partial charge in [0.1, 0.15) is 11.6 Å². The van der Waals surface area contributed by atoms with Crippen LogP contribution in [0.3, 0.4) is 0 Å². The molecule has 0 saturated carbocycles. The highest BCUT2D eigenvalue weighted by molar-refractivity contribution is 6.01. The van der Waals surface area contributed by atoms with Crippen molar-refractivity contribution < 1.29 is 9.13 Å². The van der Waals surface area contributed by atoms with Crippen molar-refractivity contribution in [3.8, 4) is 5.75 Å². The third-order valence-corrected chi connectivity index (χ3v) is 3.44. The fraction of sp³-hybridized carbons (Fsp3) is 0.188. The van der Waals surface area contributed by atoms with E-state index in [0.29, 0.717) is 0 Å². The average molecular weight is 270 g/mol. The number of benzene rings is 2. The topological polar surface area (TPSA) is 33.6 Å². The van der Waals surface area contributed by atoms with Crippen LogP contribution in [0, 0.1) is 5.82 Å². The zero-order chi connectivity index (χ0) is 13.9. The van der Waals surface area contributed by atoms with Crippen molar-refractivity contribution in [1.82, 2.24) is 5.43 Å². The molecule has 0 aromatic heterocycles. The third-order valence-electron chi connectivity index (χ3n) is 3.44. The van der Waals surface area contributed by atoms with Gasteiger partial charge in [-0.15, -0.1) is 0 Å². The second-order valence-corrected chi connectivity index (χ2v) is 4.69. The van der Waals surface area contributed by atoms with Gasteiger partial charge < -0.3 is 10.2 Å². The van der Waals surface area contributed by atoms with Gasteiger partial charge in [0.2, 0.25) is 0 Å². The number of ether oxygens (including phenoxy) is 1. The van der Waals surface area contributed by atoms with E-state index in [0.717, 1.165) is 29.0 Å². The van der Waals surface area contributed by atoms with Gasteiger partial charge in [0, 0.05) is 12.0 Å². The summed E-state index contributed by atoms with van der Waals surface area (Å²) < 4.78 is 18.3. The number of hydrogen-bond acceptors (Lipinski definition) is 3. The van der Waals surface area contributed by atoms with Crippen LogP contribution in [0.1, 0.15) is 23.6 Å². The van der Waals surface area contributed by atoms with Crippen molar-refractivity contribution >= 4 is 5.71 Å². The van der Waals surface area contributed by atoms with Crippen LogP contribution >= 0.6 is 0 Å². The number of methoxy groups -OCH3 is 1. The number of nitrogens with one attached hydrogen (secondary N) is 1. The summed E-state index contributed by atoms with van der Waals surface area (Å²) in [6.07, 6.45) is 0.756. The zero-order valence-electron chi connectivity index (χ0n) is 11.1. The maximum atomic E-state index is 12.9. The van der Waals surface area contributed by atoms with Crippen molar-refractivity contribution in [1.29, 1.82) is 0 Å². The molecule has 1 heterocycles. The van der Waals surface area contributed by atoms with Crippen LogP contribution < -0.4 is 10.2 Å². The molecule has 3 rings (SSSR count). The van der Waals surface area contributed by atoms with Crippen LogP contribution in [0.2, 0.25) is 0 Å². The Bertz CT molecular complexity index is 637. The summed E-state index contributed by atoms with van der Waals surface area (Å²) >= 11 is 0. The molecule has 20 heavy (non-hydrogen) atoms. The molecule has 0 saturated heterocycles. The SMILES string of the molecule is COc1ccccc1C1CC(c2ccc(F)cc2)=NN1. The molecular weight excluding hydrogens is 255 g/mol. The maximum absolute atomic E-state index is 12.9. The monoisotopic (exact) mass is 270 g/mol. The van der Waals surface area contributed by atoms with Crippen LogP contribution in [0.4, 0.5) is 4.39 Å². The van der Waals surface area contributed by atoms with Crippen LogP contribution in [-0.2, 0) is 0 Å². The molecule has 1 aliphatic rings. The Morgan fingerprint density at radius 2 is 1.90 bits per heavy atom. The van der Waals surface area contributed by atoms with E-state index < -0.39 is 0 Å². The molecule has 102 valence electrons. The molecule has 1 aliphatic heterocycles. The first kappa shape index (κ1) is 12.7. The highest BCUT2D eigenvalue weighted by atomic mass is 19.1. The molecule has 0 radical (unpaired) electrons. The molecule has 2 aromatic carbocycles. The first-order chi connectivity index (χ1) is 9.78. The van der Waals surface area contributed by atoms with E-state index in [4.69, 9.17) is 4.74 Å². The highest BCUT2D eigenvalue weighted by Gasteiger charge is 2.23. The standard InChI is InChI=1S/C16H15FN2O/c1-20-16-5-3-2-4-13(16)15-10-14(18-19-15)11-6-8-12(17)9-7-11/h2-9,15,19H,10H2,1H3. The van der Waals surface area contributed by atoms with Crippen molar-refractivity contribution in [2.75, 3.05) is 7.11 Å². The third kappa shape index (κ3) is 2.37. The summed E-state index contributed by atoms with van der Waals surface area (Å²) in [6.45, 7) is 0. The normalized spacial score (nSPS) is 17.5. The lowest BCUT2D eigenvalue weighted by molar-refractivity contribution is 0.402. The summed E-state index contributed by atoms with van der Waals surface area (Å²) in [5.74, 6) is 0.613. The lowest BCUT2D eigenvalue weighted by Crippen LogP contribution is -2.11. The quantitative estimate of drug-likeness (QED) is 0.928. The largest absolute Gasteiger partial charge is 0.496 e. The molecule has 0 amide bonds. The van der Waals surface area contributed by atoms with Crippen molar-refractivity contribution in [3.05, 3.63) is 65.5 Å². The van der Waals surface area contributed by atoms with Gasteiger partial charge in [0.05, 0.1) is 18.9 Å². The number of nitrogens with zero attached hydrogens (tertiary/aromatic N) is 1. The minimum Gasteiger partial charge on any atom is -0.496 e. The first-order valence-corrected chi connectivity index (χ1v) is 6.49. The van der Waals surface area contributed by atoms with E-state index in [1.807, 2.05) is 24.3 Å². The summed E-state index contributed by atoms with van der Waals surface area (Å²) in [5, 5.41) is 4.36. The van der Waals surface area contributed by atoms with Gasteiger partial charge in [-0.3, -0.25) is 0 Å². The van der Waals surface area contributed by atoms with Crippen LogP contribution in [-0.4, -0.2) is 12.8 Å². The van der Waals surface area contributed by atoms with Gasteiger partial charge in [0.25, 0.3) is 0 Å². The number of hydrogen-bond donors (Lipinski definition) is 1. The lowest BCUT2D eigenvalue weighted by atomic mass is 9.98. The zero-order valence-corrected chi connectivity index (χ0v) is 11.1. The minimum atomic E-state index is -0.235. The van der Waals surface area contributed by atoms with Crippen LogP contribution in [0.25, 0.3) is 0 Å². The van der Waals surface area contributed by atoms with Crippen LogP contribution in [0.5, 0.6) is 5.75 Å². The van der Waals surface area contributed by atoms with Gasteiger partial charge in [-0.05, 0) is 23.8 Å². The summed E-state index contributed by atoms with van der Waals surface area (Å²) in [6, 6.07) is 14.4. The van der Waals surface area contributed by atoms with Crippen molar-refractivity contribution in [2.45, 2.75) is 12.5 Å². The number of rotatable bonds is 3. The van der Waals surface area contributed by atoms with Crippen molar-refractivity contribution in [2.24, 2.45) is 5.10 Å². The summed E-state index contributed by atoms with van der Waals surface area (Å²) in [7, 11) is 1.66. The van der Waals surface area contributed by atoms with E-state index in [1.165, 1.54) is 12.1 Å². The summed E-state index contributed by atoms with van der Waals surface area (Å²) in [5.41, 5.74) is 6.08. The average Bonchev–Trinajstić information content (AvgIpc) is 2.97. The molecule has 1 unspecified atom stereocenters. The molecule has 3 nitrogen and oxygen atoms in total. The minimum absolute atomic E-state index is 0.0891. The van der Waals surface area contributed by atoms with E-state index in [1.54, 1.807) is 19.2 Å². The molecule has 0 spiro atoms. The Kier molecular flexibility index (Phi) is 3.37. The molecule has 1 atom stereocenters. The Labute approximate surface area is 117 Å². The number of para-hydroxylation sites is 1. The fourth-order valence-corrected chi connectivity index (χ4v) is 2.40. The molecule has 1 N–H and O–H groups in total. The van der Waals surface area contributed by atoms with Gasteiger partial charge in [-0.25, -0.2) is 4.39 Å². The predicted molar refractivity (Wildman–Crippen MR) is 76.4 cm³/mol. The Hall–Kier alpha value is -2.36. The Morgan fingerprint density at radius 3 is 2.65 bits per heavy atom. The molecule has 0 fully saturated rings. The smallest absolute Gasteiger partial charge is 0.124 e. The van der Waals surface area contributed by atoms with Gasteiger partial charge in [-0.1, -0.05) is 30.3 Å². The Morgan fingerprint density at radius 1 is 1.15 bits per heavy atom. The molecule has 0 bridgehead atoms. The predicted octanol–water partition coefficient (Wildman–Crippen LogP) is 3.27. The Balaban J connectivity index is 1.80. The van der Waals surface area contributed by atoms with E-state index in [2.05, 4.69) is 10.5 Å². The first-order valence-electron chi connectivity index (χ1n) is 6.49.